The van der Waals surface area contributed by atoms with Crippen molar-refractivity contribution in [3.8, 4) is 5.75 Å². The number of carbonyl (C=O) groups excluding carboxylic acids is 1. The molecule has 0 unspecified atom stereocenters. The third kappa shape index (κ3) is 5.60. The molecular weight excluding hydrogens is 352 g/mol. The van der Waals surface area contributed by atoms with Gasteiger partial charge in [0.25, 0.3) is 0 Å². The van der Waals surface area contributed by atoms with Crippen molar-refractivity contribution >= 4 is 18.3 Å². The van der Waals surface area contributed by atoms with Gasteiger partial charge < -0.3 is 20.5 Å². The number of amides is 1. The fraction of sp³-hybridized carbons (Fsp3) is 0.650. The lowest BCUT2D eigenvalue weighted by Gasteiger charge is -2.38. The first-order valence-electron chi connectivity index (χ1n) is 9.13. The van der Waals surface area contributed by atoms with Crippen LogP contribution in [0.1, 0.15) is 46.1 Å². The zero-order chi connectivity index (χ0) is 18.5. The Labute approximate surface area is 163 Å². The second-order valence-corrected chi connectivity index (χ2v) is 7.91. The summed E-state index contributed by atoms with van der Waals surface area (Å²) in [5, 5.41) is 3.09. The van der Waals surface area contributed by atoms with Crippen LogP contribution in [0.25, 0.3) is 0 Å². The summed E-state index contributed by atoms with van der Waals surface area (Å²) in [4.78, 5) is 12.5. The number of benzene rings is 1. The van der Waals surface area contributed by atoms with E-state index in [0.29, 0.717) is 26.4 Å². The fourth-order valence-electron chi connectivity index (χ4n) is 3.16. The van der Waals surface area contributed by atoms with Gasteiger partial charge in [-0.15, -0.1) is 12.4 Å². The third-order valence-electron chi connectivity index (χ3n) is 5.04. The minimum absolute atomic E-state index is 0. The van der Waals surface area contributed by atoms with Crippen molar-refractivity contribution in [2.75, 3.05) is 26.4 Å². The van der Waals surface area contributed by atoms with Crippen LogP contribution in [0.3, 0.4) is 0 Å². The maximum atomic E-state index is 12.5. The van der Waals surface area contributed by atoms with Gasteiger partial charge in [-0.25, -0.2) is 0 Å². The van der Waals surface area contributed by atoms with E-state index < -0.39 is 6.04 Å². The van der Waals surface area contributed by atoms with Crippen LogP contribution < -0.4 is 15.8 Å². The lowest BCUT2D eigenvalue weighted by atomic mass is 9.74. The minimum Gasteiger partial charge on any atom is -0.494 e. The summed E-state index contributed by atoms with van der Waals surface area (Å²) in [6, 6.07) is 7.68. The minimum atomic E-state index is -0.523. The van der Waals surface area contributed by atoms with Gasteiger partial charge in [-0.2, -0.15) is 0 Å². The number of halogens is 1. The Balaban J connectivity index is 0.00000338. The summed E-state index contributed by atoms with van der Waals surface area (Å²) in [7, 11) is 0. The quantitative estimate of drug-likeness (QED) is 0.790. The molecule has 1 fully saturated rings. The van der Waals surface area contributed by atoms with Crippen molar-refractivity contribution in [2.45, 2.75) is 52.0 Å². The molecule has 1 amide bonds. The van der Waals surface area contributed by atoms with Crippen LogP contribution in [-0.4, -0.2) is 38.3 Å². The number of nitrogens with one attached hydrogen (secondary N) is 1. The number of nitrogens with two attached hydrogens (primary N) is 1. The van der Waals surface area contributed by atoms with Gasteiger partial charge in [0.2, 0.25) is 5.91 Å². The van der Waals surface area contributed by atoms with Crippen LogP contribution >= 0.6 is 12.4 Å². The molecule has 1 atom stereocenters. The summed E-state index contributed by atoms with van der Waals surface area (Å²) >= 11 is 0. The Kier molecular flexibility index (Phi) is 8.38. The van der Waals surface area contributed by atoms with E-state index >= 15 is 0 Å². The van der Waals surface area contributed by atoms with Crippen molar-refractivity contribution in [3.05, 3.63) is 29.8 Å². The highest BCUT2D eigenvalue weighted by Crippen LogP contribution is 2.35. The highest BCUT2D eigenvalue weighted by Gasteiger charge is 2.36. The third-order valence-corrected chi connectivity index (χ3v) is 5.04. The molecule has 1 heterocycles. The van der Waals surface area contributed by atoms with Crippen LogP contribution in [0.15, 0.2) is 24.3 Å². The number of hydrogen-bond acceptors (Lipinski definition) is 4. The molecule has 0 saturated carbocycles. The maximum absolute atomic E-state index is 12.5. The van der Waals surface area contributed by atoms with Gasteiger partial charge in [-0.05, 0) is 42.9 Å². The molecule has 1 aromatic rings. The molecule has 1 aliphatic heterocycles. The van der Waals surface area contributed by atoms with Gasteiger partial charge in [0.05, 0.1) is 12.6 Å². The lowest BCUT2D eigenvalue weighted by Crippen LogP contribution is -2.52. The van der Waals surface area contributed by atoms with Gasteiger partial charge in [0, 0.05) is 25.2 Å². The molecule has 5 nitrogen and oxygen atoms in total. The van der Waals surface area contributed by atoms with Gasteiger partial charge in [-0.1, -0.05) is 32.9 Å². The number of rotatable bonds is 6. The summed E-state index contributed by atoms with van der Waals surface area (Å²) in [6.45, 7) is 10.5. The van der Waals surface area contributed by atoms with E-state index in [1.807, 2.05) is 39.8 Å². The summed E-state index contributed by atoms with van der Waals surface area (Å²) in [5.41, 5.74) is 6.93. The predicted molar refractivity (Wildman–Crippen MR) is 107 cm³/mol. The summed E-state index contributed by atoms with van der Waals surface area (Å²) in [5.74, 6) is 0.775. The molecule has 3 N–H and O–H groups in total. The second-order valence-electron chi connectivity index (χ2n) is 7.91. The van der Waals surface area contributed by atoms with E-state index in [-0.39, 0.29) is 29.1 Å². The molecule has 1 aliphatic rings. The predicted octanol–water partition coefficient (Wildman–Crippen LogP) is 3.04. The standard InChI is InChI=1S/C20H32N2O3.ClH/c1-5-25-16-8-6-15(7-9-16)20(10-12-24-13-11-20)14-22-18(23)17(21)19(2,3)4;/h6-9,17H,5,10-14,21H2,1-4H3,(H,22,23);1H/t17-;/m1./s1. The molecule has 0 spiro atoms. The molecule has 0 bridgehead atoms. The monoisotopic (exact) mass is 384 g/mol. The van der Waals surface area contributed by atoms with Crippen LogP contribution in [-0.2, 0) is 14.9 Å². The SMILES string of the molecule is CCOc1ccc(C2(CNC(=O)[C@@H](N)C(C)(C)C)CCOCC2)cc1.Cl. The van der Waals surface area contributed by atoms with Gasteiger partial charge >= 0.3 is 0 Å². The molecule has 6 heteroatoms. The van der Waals surface area contributed by atoms with Gasteiger partial charge in [0.15, 0.2) is 0 Å². The summed E-state index contributed by atoms with van der Waals surface area (Å²) < 4.78 is 11.1. The zero-order valence-corrected chi connectivity index (χ0v) is 17.2. The van der Waals surface area contributed by atoms with Crippen molar-refractivity contribution < 1.29 is 14.3 Å². The van der Waals surface area contributed by atoms with Gasteiger partial charge in [0.1, 0.15) is 5.75 Å². The lowest BCUT2D eigenvalue weighted by molar-refractivity contribution is -0.125. The molecule has 2 rings (SSSR count). The highest BCUT2D eigenvalue weighted by atomic mass is 35.5. The van der Waals surface area contributed by atoms with E-state index in [4.69, 9.17) is 15.2 Å². The van der Waals surface area contributed by atoms with E-state index in [2.05, 4.69) is 17.4 Å². The van der Waals surface area contributed by atoms with E-state index in [9.17, 15) is 4.79 Å². The van der Waals surface area contributed by atoms with Gasteiger partial charge in [-0.3, -0.25) is 4.79 Å². The molecule has 0 aliphatic carbocycles. The molecule has 0 aromatic heterocycles. The van der Waals surface area contributed by atoms with Crippen molar-refractivity contribution in [1.82, 2.24) is 5.32 Å². The molecule has 26 heavy (non-hydrogen) atoms. The highest BCUT2D eigenvalue weighted by molar-refractivity contribution is 5.85. The Hall–Kier alpha value is -1.30. The number of hydrogen-bond donors (Lipinski definition) is 2. The summed E-state index contributed by atoms with van der Waals surface area (Å²) in [6.07, 6.45) is 1.76. The Morgan fingerprint density at radius 1 is 1.27 bits per heavy atom. The largest absolute Gasteiger partial charge is 0.494 e. The topological polar surface area (TPSA) is 73.6 Å². The normalized spacial score (nSPS) is 17.7. The number of carbonyl (C=O) groups is 1. The van der Waals surface area contributed by atoms with Crippen molar-refractivity contribution in [1.29, 1.82) is 0 Å². The average molecular weight is 385 g/mol. The van der Waals surface area contributed by atoms with Crippen LogP contribution in [0, 0.1) is 5.41 Å². The maximum Gasteiger partial charge on any atom is 0.237 e. The first-order chi connectivity index (χ1) is 11.8. The molecule has 1 aromatic carbocycles. The first-order valence-corrected chi connectivity index (χ1v) is 9.13. The van der Waals surface area contributed by atoms with E-state index in [1.54, 1.807) is 0 Å². The smallest absolute Gasteiger partial charge is 0.237 e. The van der Waals surface area contributed by atoms with E-state index in [0.717, 1.165) is 18.6 Å². The molecular formula is C20H33ClN2O3. The van der Waals surface area contributed by atoms with E-state index in [1.165, 1.54) is 5.56 Å². The molecule has 0 radical (unpaired) electrons. The number of ether oxygens (including phenoxy) is 2. The average Bonchev–Trinajstić information content (AvgIpc) is 2.60. The molecule has 1 saturated heterocycles. The Morgan fingerprint density at radius 2 is 1.85 bits per heavy atom. The van der Waals surface area contributed by atoms with Crippen LogP contribution in [0.2, 0.25) is 0 Å². The van der Waals surface area contributed by atoms with Crippen LogP contribution in [0.5, 0.6) is 5.75 Å². The Morgan fingerprint density at radius 3 is 2.35 bits per heavy atom. The Bertz CT molecular complexity index is 563. The zero-order valence-electron chi connectivity index (χ0n) is 16.3. The second kappa shape index (κ2) is 9.58. The fourth-order valence-corrected chi connectivity index (χ4v) is 3.16. The van der Waals surface area contributed by atoms with Crippen LogP contribution in [0.4, 0.5) is 0 Å². The first kappa shape index (κ1) is 22.7. The van der Waals surface area contributed by atoms with Crippen molar-refractivity contribution in [3.63, 3.8) is 0 Å². The molecule has 148 valence electrons. The van der Waals surface area contributed by atoms with Crippen molar-refractivity contribution in [2.24, 2.45) is 11.1 Å².